The second-order valence-corrected chi connectivity index (χ2v) is 4.23. The molecule has 0 saturated heterocycles. The van der Waals surface area contributed by atoms with E-state index in [9.17, 15) is 8.78 Å². The van der Waals surface area contributed by atoms with Gasteiger partial charge >= 0.3 is 0 Å². The van der Waals surface area contributed by atoms with Crippen molar-refractivity contribution in [3.05, 3.63) is 47.0 Å². The maximum Gasteiger partial charge on any atom is 0.129 e. The first kappa shape index (κ1) is 12.4. The van der Waals surface area contributed by atoms with E-state index in [-0.39, 0.29) is 0 Å². The Kier molecular flexibility index (Phi) is 4.95. The van der Waals surface area contributed by atoms with Gasteiger partial charge in [0.25, 0.3) is 0 Å². The smallest absolute Gasteiger partial charge is 0.129 e. The van der Waals surface area contributed by atoms with Crippen molar-refractivity contribution in [2.75, 3.05) is 5.33 Å². The van der Waals surface area contributed by atoms with E-state index in [2.05, 4.69) is 22.0 Å². The van der Waals surface area contributed by atoms with Crippen LogP contribution < -0.4 is 0 Å². The first-order valence-electron chi connectivity index (χ1n) is 4.79. The van der Waals surface area contributed by atoms with Crippen LogP contribution in [0.1, 0.15) is 18.9 Å². The predicted octanol–water partition coefficient (Wildman–Crippen LogP) is 4.24. The Balaban J connectivity index is 2.72. The fraction of sp³-hybridized carbons (Fsp3) is 0.333. The fourth-order valence-corrected chi connectivity index (χ4v) is 1.57. The first-order valence-corrected chi connectivity index (χ1v) is 5.91. The molecule has 0 spiro atoms. The summed E-state index contributed by atoms with van der Waals surface area (Å²) in [7, 11) is 0. The van der Waals surface area contributed by atoms with Crippen molar-refractivity contribution >= 4 is 15.9 Å². The number of alkyl halides is 1. The van der Waals surface area contributed by atoms with Crippen molar-refractivity contribution in [2.24, 2.45) is 0 Å². The molecular formula is C12H13BrF2. The molecule has 0 aliphatic heterocycles. The van der Waals surface area contributed by atoms with Crippen LogP contribution in [0.15, 0.2) is 29.8 Å². The molecule has 0 amide bonds. The van der Waals surface area contributed by atoms with Crippen LogP contribution >= 0.6 is 15.9 Å². The van der Waals surface area contributed by atoms with E-state index in [0.717, 1.165) is 23.4 Å². The minimum Gasteiger partial charge on any atom is -0.207 e. The fourth-order valence-electron chi connectivity index (χ4n) is 1.34. The van der Waals surface area contributed by atoms with Crippen LogP contribution in [0, 0.1) is 11.6 Å². The average molecular weight is 275 g/mol. The van der Waals surface area contributed by atoms with Crippen molar-refractivity contribution in [3.63, 3.8) is 0 Å². The largest absolute Gasteiger partial charge is 0.207 e. The Labute approximate surface area is 97.1 Å². The van der Waals surface area contributed by atoms with E-state index in [1.807, 2.05) is 6.92 Å². The molecule has 0 bridgehead atoms. The first-order chi connectivity index (χ1) is 7.13. The van der Waals surface area contributed by atoms with Gasteiger partial charge in [0.15, 0.2) is 0 Å². The van der Waals surface area contributed by atoms with E-state index in [4.69, 9.17) is 0 Å². The summed E-state index contributed by atoms with van der Waals surface area (Å²) in [5.74, 6) is -1.00. The Hall–Kier alpha value is -0.700. The summed E-state index contributed by atoms with van der Waals surface area (Å²) in [6, 6.07) is 3.71. The van der Waals surface area contributed by atoms with Crippen molar-refractivity contribution in [3.8, 4) is 0 Å². The van der Waals surface area contributed by atoms with Crippen molar-refractivity contribution in [1.29, 1.82) is 0 Å². The highest BCUT2D eigenvalue weighted by Gasteiger charge is 2.03. The molecule has 0 radical (unpaired) electrons. The van der Waals surface area contributed by atoms with E-state index in [0.29, 0.717) is 12.0 Å². The lowest BCUT2D eigenvalue weighted by Gasteiger charge is -2.03. The molecule has 82 valence electrons. The molecule has 0 aromatic heterocycles. The molecule has 0 N–H and O–H groups in total. The van der Waals surface area contributed by atoms with Crippen LogP contribution in [0.2, 0.25) is 0 Å². The third-order valence-electron chi connectivity index (χ3n) is 2.09. The van der Waals surface area contributed by atoms with Crippen LogP contribution in [0.3, 0.4) is 0 Å². The number of hydrogen-bond donors (Lipinski definition) is 0. The summed E-state index contributed by atoms with van der Waals surface area (Å²) in [6.07, 6.45) is 3.52. The second-order valence-electron chi connectivity index (χ2n) is 3.44. The van der Waals surface area contributed by atoms with Gasteiger partial charge in [-0.3, -0.25) is 0 Å². The van der Waals surface area contributed by atoms with Gasteiger partial charge in [0.2, 0.25) is 0 Å². The van der Waals surface area contributed by atoms with Crippen LogP contribution in [0.4, 0.5) is 8.78 Å². The standard InChI is InChI=1S/C12H13BrF2/c1-9(3-2-6-13)7-10-4-5-11(14)8-12(10)15/h3-5,8H,2,6-7H2,1H3. The molecule has 0 heterocycles. The number of halogens is 3. The topological polar surface area (TPSA) is 0 Å². The zero-order chi connectivity index (χ0) is 11.3. The molecule has 0 atom stereocenters. The van der Waals surface area contributed by atoms with Gasteiger partial charge in [0.05, 0.1) is 0 Å². The maximum absolute atomic E-state index is 13.3. The summed E-state index contributed by atoms with van der Waals surface area (Å²) in [5.41, 5.74) is 1.64. The lowest BCUT2D eigenvalue weighted by molar-refractivity contribution is 0.574. The van der Waals surface area contributed by atoms with E-state index in [1.165, 1.54) is 12.1 Å². The predicted molar refractivity (Wildman–Crippen MR) is 62.2 cm³/mol. The zero-order valence-corrected chi connectivity index (χ0v) is 10.2. The lowest BCUT2D eigenvalue weighted by atomic mass is 10.1. The van der Waals surface area contributed by atoms with Crippen molar-refractivity contribution in [1.82, 2.24) is 0 Å². The molecule has 1 rings (SSSR count). The minimum absolute atomic E-state index is 0.471. The minimum atomic E-state index is -0.529. The summed E-state index contributed by atoms with van der Waals surface area (Å²) in [4.78, 5) is 0. The molecule has 0 saturated carbocycles. The lowest BCUT2D eigenvalue weighted by Crippen LogP contribution is -1.93. The zero-order valence-electron chi connectivity index (χ0n) is 8.56. The van der Waals surface area contributed by atoms with Gasteiger partial charge in [0, 0.05) is 11.4 Å². The number of benzene rings is 1. The number of allylic oxidation sites excluding steroid dienone is 2. The summed E-state index contributed by atoms with van der Waals surface area (Å²) in [5, 5.41) is 0.899. The third kappa shape index (κ3) is 4.12. The second kappa shape index (κ2) is 6.01. The van der Waals surface area contributed by atoms with Crippen LogP contribution in [-0.4, -0.2) is 5.33 Å². The van der Waals surface area contributed by atoms with Crippen LogP contribution in [-0.2, 0) is 6.42 Å². The van der Waals surface area contributed by atoms with Gasteiger partial charge in [-0.15, -0.1) is 0 Å². The van der Waals surface area contributed by atoms with E-state index < -0.39 is 11.6 Å². The number of rotatable bonds is 4. The Morgan fingerprint density at radius 1 is 1.40 bits per heavy atom. The Bertz CT molecular complexity index is 359. The van der Waals surface area contributed by atoms with Crippen molar-refractivity contribution < 1.29 is 8.78 Å². The van der Waals surface area contributed by atoms with Crippen LogP contribution in [0.5, 0.6) is 0 Å². The molecule has 0 fully saturated rings. The van der Waals surface area contributed by atoms with Crippen LogP contribution in [0.25, 0.3) is 0 Å². The molecule has 1 aromatic rings. The molecule has 0 unspecified atom stereocenters. The van der Waals surface area contributed by atoms with Gasteiger partial charge in [-0.05, 0) is 31.4 Å². The van der Waals surface area contributed by atoms with E-state index >= 15 is 0 Å². The highest BCUT2D eigenvalue weighted by molar-refractivity contribution is 9.09. The molecule has 3 heteroatoms. The molecular weight excluding hydrogens is 262 g/mol. The molecule has 15 heavy (non-hydrogen) atoms. The van der Waals surface area contributed by atoms with Gasteiger partial charge in [-0.1, -0.05) is 33.6 Å². The summed E-state index contributed by atoms with van der Waals surface area (Å²) >= 11 is 3.32. The molecule has 1 aromatic carbocycles. The average Bonchev–Trinajstić information content (AvgIpc) is 2.19. The summed E-state index contributed by atoms with van der Waals surface area (Å²) in [6.45, 7) is 1.95. The quantitative estimate of drug-likeness (QED) is 0.569. The molecule has 0 nitrogen and oxygen atoms in total. The molecule has 0 aliphatic rings. The number of hydrogen-bond acceptors (Lipinski definition) is 0. The third-order valence-corrected chi connectivity index (χ3v) is 2.54. The summed E-state index contributed by atoms with van der Waals surface area (Å²) < 4.78 is 25.9. The van der Waals surface area contributed by atoms with Gasteiger partial charge < -0.3 is 0 Å². The van der Waals surface area contributed by atoms with Gasteiger partial charge in [0.1, 0.15) is 11.6 Å². The SMILES string of the molecule is CC(=CCCBr)Cc1ccc(F)cc1F. The van der Waals surface area contributed by atoms with Gasteiger partial charge in [-0.2, -0.15) is 0 Å². The molecule has 0 aliphatic carbocycles. The monoisotopic (exact) mass is 274 g/mol. The maximum atomic E-state index is 13.3. The van der Waals surface area contributed by atoms with Gasteiger partial charge in [-0.25, -0.2) is 8.78 Å². The highest BCUT2D eigenvalue weighted by Crippen LogP contribution is 2.14. The normalized spacial score (nSPS) is 11.9. The van der Waals surface area contributed by atoms with Crippen molar-refractivity contribution in [2.45, 2.75) is 19.8 Å². The Morgan fingerprint density at radius 3 is 2.73 bits per heavy atom. The van der Waals surface area contributed by atoms with E-state index in [1.54, 1.807) is 0 Å². The highest BCUT2D eigenvalue weighted by atomic mass is 79.9. The Morgan fingerprint density at radius 2 is 2.13 bits per heavy atom.